The first-order valence-corrected chi connectivity index (χ1v) is 6.97. The number of nitrogens with one attached hydrogen (secondary N) is 1. The zero-order valence-corrected chi connectivity index (χ0v) is 12.6. The zero-order chi connectivity index (χ0) is 15.0. The SMILES string of the molecule is CO[C@]1(C)C[C@@H](N[C@H](C(N)=O)c2ccccc2)C1(C)C. The lowest BCUT2D eigenvalue weighted by molar-refractivity contribution is -0.183. The normalized spacial score (nSPS) is 29.5. The van der Waals surface area contributed by atoms with E-state index in [0.717, 1.165) is 12.0 Å². The number of amides is 1. The van der Waals surface area contributed by atoms with Crippen molar-refractivity contribution in [3.63, 3.8) is 0 Å². The second-order valence-electron chi connectivity index (χ2n) is 6.33. The lowest BCUT2D eigenvalue weighted by Gasteiger charge is -2.59. The quantitative estimate of drug-likeness (QED) is 0.864. The Balaban J connectivity index is 2.14. The summed E-state index contributed by atoms with van der Waals surface area (Å²) < 4.78 is 5.61. The summed E-state index contributed by atoms with van der Waals surface area (Å²) in [6.07, 6.45) is 0.868. The van der Waals surface area contributed by atoms with Crippen LogP contribution in [0.4, 0.5) is 0 Å². The zero-order valence-electron chi connectivity index (χ0n) is 12.6. The van der Waals surface area contributed by atoms with Crippen molar-refractivity contribution in [1.82, 2.24) is 5.32 Å². The van der Waals surface area contributed by atoms with Crippen LogP contribution in [0.2, 0.25) is 0 Å². The molecule has 1 aliphatic carbocycles. The van der Waals surface area contributed by atoms with Gasteiger partial charge in [-0.15, -0.1) is 0 Å². The van der Waals surface area contributed by atoms with Crippen LogP contribution in [-0.4, -0.2) is 24.7 Å². The van der Waals surface area contributed by atoms with Crippen LogP contribution in [0.15, 0.2) is 30.3 Å². The van der Waals surface area contributed by atoms with Gasteiger partial charge in [0.25, 0.3) is 0 Å². The van der Waals surface area contributed by atoms with Crippen LogP contribution in [0.5, 0.6) is 0 Å². The number of benzene rings is 1. The molecule has 0 aromatic heterocycles. The average Bonchev–Trinajstić information content (AvgIpc) is 2.43. The maximum absolute atomic E-state index is 11.7. The highest BCUT2D eigenvalue weighted by Gasteiger charge is 2.58. The molecule has 20 heavy (non-hydrogen) atoms. The Labute approximate surface area is 120 Å². The Hall–Kier alpha value is -1.39. The molecule has 4 nitrogen and oxygen atoms in total. The van der Waals surface area contributed by atoms with Gasteiger partial charge in [-0.3, -0.25) is 10.1 Å². The van der Waals surface area contributed by atoms with Crippen LogP contribution < -0.4 is 11.1 Å². The summed E-state index contributed by atoms with van der Waals surface area (Å²) >= 11 is 0. The lowest BCUT2D eigenvalue weighted by atomic mass is 9.55. The van der Waals surface area contributed by atoms with Crippen molar-refractivity contribution in [3.8, 4) is 0 Å². The first-order chi connectivity index (χ1) is 9.32. The Bertz CT molecular complexity index is 487. The van der Waals surface area contributed by atoms with Crippen molar-refractivity contribution in [3.05, 3.63) is 35.9 Å². The summed E-state index contributed by atoms with van der Waals surface area (Å²) in [5.41, 5.74) is 6.24. The molecule has 1 fully saturated rings. The Kier molecular flexibility index (Phi) is 3.89. The third-order valence-electron chi connectivity index (χ3n) is 5.06. The predicted octanol–water partition coefficient (Wildman–Crippen LogP) is 2.01. The van der Waals surface area contributed by atoms with Crippen LogP contribution in [0.3, 0.4) is 0 Å². The number of hydrogen-bond acceptors (Lipinski definition) is 3. The number of ether oxygens (including phenoxy) is 1. The molecule has 3 N–H and O–H groups in total. The van der Waals surface area contributed by atoms with Crippen LogP contribution in [0.1, 0.15) is 38.8 Å². The minimum atomic E-state index is -0.457. The van der Waals surface area contributed by atoms with Crippen molar-refractivity contribution in [2.24, 2.45) is 11.1 Å². The van der Waals surface area contributed by atoms with E-state index in [4.69, 9.17) is 10.5 Å². The van der Waals surface area contributed by atoms with E-state index in [2.05, 4.69) is 26.1 Å². The van der Waals surface area contributed by atoms with E-state index in [9.17, 15) is 4.79 Å². The van der Waals surface area contributed by atoms with Crippen molar-refractivity contribution >= 4 is 5.91 Å². The number of carbonyl (C=O) groups is 1. The molecule has 1 aliphatic rings. The molecular formula is C16H24N2O2. The average molecular weight is 276 g/mol. The van der Waals surface area contributed by atoms with Gasteiger partial charge >= 0.3 is 0 Å². The van der Waals surface area contributed by atoms with Crippen molar-refractivity contribution in [2.45, 2.75) is 44.9 Å². The van der Waals surface area contributed by atoms with E-state index >= 15 is 0 Å². The molecule has 0 saturated heterocycles. The summed E-state index contributed by atoms with van der Waals surface area (Å²) in [6, 6.07) is 9.34. The van der Waals surface area contributed by atoms with E-state index in [1.807, 2.05) is 30.3 Å². The molecule has 3 atom stereocenters. The summed E-state index contributed by atoms with van der Waals surface area (Å²) in [5.74, 6) is -0.349. The lowest BCUT2D eigenvalue weighted by Crippen LogP contribution is -2.68. The molecule has 4 heteroatoms. The molecule has 1 aromatic carbocycles. The van der Waals surface area contributed by atoms with E-state index in [1.54, 1.807) is 7.11 Å². The van der Waals surface area contributed by atoms with E-state index in [-0.39, 0.29) is 23.0 Å². The number of rotatable bonds is 5. The maximum Gasteiger partial charge on any atom is 0.239 e. The summed E-state index contributed by atoms with van der Waals surface area (Å²) in [7, 11) is 1.74. The van der Waals surface area contributed by atoms with Crippen LogP contribution in [-0.2, 0) is 9.53 Å². The van der Waals surface area contributed by atoms with Crippen molar-refractivity contribution < 1.29 is 9.53 Å². The molecule has 1 saturated carbocycles. The Morgan fingerprint density at radius 2 is 1.95 bits per heavy atom. The molecule has 0 aliphatic heterocycles. The van der Waals surface area contributed by atoms with E-state index in [1.165, 1.54) is 0 Å². The standard InChI is InChI=1S/C16H24N2O2/c1-15(2)12(10-16(15,3)20-4)18-13(14(17)19)11-8-6-5-7-9-11/h5-9,12-13,18H,10H2,1-4H3,(H2,17,19)/t12-,13+,16-/m1/s1. The van der Waals surface area contributed by atoms with Gasteiger partial charge in [0, 0.05) is 18.6 Å². The van der Waals surface area contributed by atoms with Gasteiger partial charge in [0.15, 0.2) is 0 Å². The molecule has 1 amide bonds. The Morgan fingerprint density at radius 1 is 1.35 bits per heavy atom. The molecule has 0 spiro atoms. The number of hydrogen-bond donors (Lipinski definition) is 2. The highest BCUT2D eigenvalue weighted by Crippen LogP contribution is 2.52. The molecule has 0 radical (unpaired) electrons. The number of carbonyl (C=O) groups excluding carboxylic acids is 1. The molecule has 0 heterocycles. The van der Waals surface area contributed by atoms with Crippen LogP contribution >= 0.6 is 0 Å². The van der Waals surface area contributed by atoms with Crippen molar-refractivity contribution in [1.29, 1.82) is 0 Å². The molecular weight excluding hydrogens is 252 g/mol. The van der Waals surface area contributed by atoms with Gasteiger partial charge in [0.1, 0.15) is 6.04 Å². The first kappa shape index (κ1) is 15.0. The van der Waals surface area contributed by atoms with Gasteiger partial charge in [-0.1, -0.05) is 44.2 Å². The highest BCUT2D eigenvalue weighted by molar-refractivity contribution is 5.81. The molecule has 1 aromatic rings. The monoisotopic (exact) mass is 276 g/mol. The molecule has 2 rings (SSSR count). The minimum absolute atomic E-state index is 0.0514. The van der Waals surface area contributed by atoms with Gasteiger partial charge in [-0.2, -0.15) is 0 Å². The molecule has 0 unspecified atom stereocenters. The molecule has 0 bridgehead atoms. The van der Waals surface area contributed by atoms with Crippen LogP contribution in [0.25, 0.3) is 0 Å². The van der Waals surface area contributed by atoms with Gasteiger partial charge in [0.05, 0.1) is 5.60 Å². The second kappa shape index (κ2) is 5.19. The summed E-state index contributed by atoms with van der Waals surface area (Å²) in [6.45, 7) is 6.41. The van der Waals surface area contributed by atoms with Crippen LogP contribution in [0, 0.1) is 5.41 Å². The summed E-state index contributed by atoms with van der Waals surface area (Å²) in [5, 5.41) is 3.39. The fourth-order valence-electron chi connectivity index (χ4n) is 2.95. The fourth-order valence-corrected chi connectivity index (χ4v) is 2.95. The van der Waals surface area contributed by atoms with Crippen molar-refractivity contribution in [2.75, 3.05) is 7.11 Å². The highest BCUT2D eigenvalue weighted by atomic mass is 16.5. The van der Waals surface area contributed by atoms with E-state index < -0.39 is 6.04 Å². The third-order valence-corrected chi connectivity index (χ3v) is 5.06. The number of methoxy groups -OCH3 is 1. The minimum Gasteiger partial charge on any atom is -0.378 e. The number of nitrogens with two attached hydrogens (primary N) is 1. The Morgan fingerprint density at radius 3 is 2.40 bits per heavy atom. The van der Waals surface area contributed by atoms with Gasteiger partial charge in [-0.05, 0) is 18.9 Å². The predicted molar refractivity (Wildman–Crippen MR) is 79.1 cm³/mol. The second-order valence-corrected chi connectivity index (χ2v) is 6.33. The summed E-state index contributed by atoms with van der Waals surface area (Å²) in [4.78, 5) is 11.7. The topological polar surface area (TPSA) is 64.3 Å². The van der Waals surface area contributed by atoms with Gasteiger partial charge in [0.2, 0.25) is 5.91 Å². The van der Waals surface area contributed by atoms with Gasteiger partial charge in [-0.25, -0.2) is 0 Å². The van der Waals surface area contributed by atoms with E-state index in [0.29, 0.717) is 0 Å². The maximum atomic E-state index is 11.7. The smallest absolute Gasteiger partial charge is 0.239 e. The first-order valence-electron chi connectivity index (χ1n) is 6.97. The largest absolute Gasteiger partial charge is 0.378 e. The third kappa shape index (κ3) is 2.34. The van der Waals surface area contributed by atoms with Gasteiger partial charge < -0.3 is 10.5 Å². The number of primary amides is 1. The fraction of sp³-hybridized carbons (Fsp3) is 0.562. The molecule has 110 valence electrons.